The van der Waals surface area contributed by atoms with Crippen LogP contribution in [-0.2, 0) is 16.1 Å². The molecule has 162 valence electrons. The largest absolute Gasteiger partial charge is 0.497 e. The highest BCUT2D eigenvalue weighted by molar-refractivity contribution is 6.36. The number of methoxy groups -OCH3 is 1. The lowest BCUT2D eigenvalue weighted by Crippen LogP contribution is -2.32. The maximum atomic E-state index is 14.2. The lowest BCUT2D eigenvalue weighted by molar-refractivity contribution is -0.137. The van der Waals surface area contributed by atoms with E-state index in [9.17, 15) is 14.0 Å². The highest BCUT2D eigenvalue weighted by Gasteiger charge is 2.39. The minimum Gasteiger partial charge on any atom is -0.497 e. The molecule has 5 nitrogen and oxygen atoms in total. The van der Waals surface area contributed by atoms with Crippen LogP contribution >= 0.6 is 0 Å². The Bertz CT molecular complexity index is 1230. The van der Waals surface area contributed by atoms with E-state index in [2.05, 4.69) is 5.32 Å². The quantitative estimate of drug-likeness (QED) is 0.569. The molecule has 3 aromatic carbocycles. The molecule has 0 radical (unpaired) electrons. The lowest BCUT2D eigenvalue weighted by atomic mass is 10.0. The maximum Gasteiger partial charge on any atom is 0.278 e. The normalized spacial score (nSPS) is 13.7. The van der Waals surface area contributed by atoms with E-state index in [0.29, 0.717) is 11.3 Å². The third-order valence-corrected chi connectivity index (χ3v) is 5.49. The van der Waals surface area contributed by atoms with E-state index < -0.39 is 17.6 Å². The molecule has 0 aliphatic carbocycles. The Hall–Kier alpha value is -3.93. The number of aryl methyl sites for hydroxylation is 2. The van der Waals surface area contributed by atoms with Gasteiger partial charge in [0.05, 0.1) is 19.2 Å². The Morgan fingerprint density at radius 2 is 1.66 bits per heavy atom. The topological polar surface area (TPSA) is 58.6 Å². The van der Waals surface area contributed by atoms with E-state index in [1.807, 2.05) is 32.0 Å². The number of benzene rings is 3. The summed E-state index contributed by atoms with van der Waals surface area (Å²) in [5.74, 6) is -0.797. The van der Waals surface area contributed by atoms with Crippen LogP contribution in [0.25, 0.3) is 5.57 Å². The molecule has 0 saturated heterocycles. The van der Waals surface area contributed by atoms with Gasteiger partial charge in [-0.15, -0.1) is 0 Å². The summed E-state index contributed by atoms with van der Waals surface area (Å²) in [6.45, 7) is 3.73. The number of carbonyl (C=O) groups is 2. The van der Waals surface area contributed by atoms with E-state index in [1.165, 1.54) is 6.07 Å². The standard InChI is InChI=1S/C26H23FN2O3/c1-16-8-9-17(2)22(14-16)28-24-23(18-10-12-20(32-3)13-11-18)25(30)29(26(24)31)15-19-6-4-5-7-21(19)27/h4-14,28H,15H2,1-3H3. The van der Waals surface area contributed by atoms with Crippen LogP contribution in [0, 0.1) is 19.7 Å². The van der Waals surface area contributed by atoms with Gasteiger partial charge in [0.15, 0.2) is 0 Å². The number of nitrogens with zero attached hydrogens (tertiary/aromatic N) is 1. The van der Waals surface area contributed by atoms with Gasteiger partial charge in [0.1, 0.15) is 17.3 Å². The third kappa shape index (κ3) is 3.99. The molecule has 0 bridgehead atoms. The molecule has 1 aliphatic heterocycles. The van der Waals surface area contributed by atoms with Gasteiger partial charge in [0, 0.05) is 11.3 Å². The molecule has 2 amide bonds. The van der Waals surface area contributed by atoms with Crippen molar-refractivity contribution in [2.45, 2.75) is 20.4 Å². The fourth-order valence-corrected chi connectivity index (χ4v) is 3.66. The number of nitrogens with one attached hydrogen (secondary N) is 1. The number of hydrogen-bond donors (Lipinski definition) is 1. The highest BCUT2D eigenvalue weighted by atomic mass is 19.1. The minimum absolute atomic E-state index is 0.151. The van der Waals surface area contributed by atoms with Gasteiger partial charge in [0.25, 0.3) is 11.8 Å². The molecule has 1 N–H and O–H groups in total. The van der Waals surface area contributed by atoms with Crippen molar-refractivity contribution in [3.05, 3.63) is 100 Å². The van der Waals surface area contributed by atoms with Gasteiger partial charge >= 0.3 is 0 Å². The summed E-state index contributed by atoms with van der Waals surface area (Å²) >= 11 is 0. The molecule has 6 heteroatoms. The summed E-state index contributed by atoms with van der Waals surface area (Å²) in [7, 11) is 1.56. The summed E-state index contributed by atoms with van der Waals surface area (Å²) < 4.78 is 19.5. The average molecular weight is 430 g/mol. The van der Waals surface area contributed by atoms with Gasteiger partial charge in [-0.05, 0) is 54.8 Å². The molecule has 32 heavy (non-hydrogen) atoms. The van der Waals surface area contributed by atoms with Crippen LogP contribution in [0.3, 0.4) is 0 Å². The van der Waals surface area contributed by atoms with Crippen LogP contribution in [0.4, 0.5) is 10.1 Å². The van der Waals surface area contributed by atoms with Crippen molar-refractivity contribution in [1.82, 2.24) is 4.90 Å². The van der Waals surface area contributed by atoms with E-state index in [4.69, 9.17) is 4.74 Å². The molecule has 0 atom stereocenters. The summed E-state index contributed by atoms with van der Waals surface area (Å²) in [6, 6.07) is 18.9. The average Bonchev–Trinajstić information content (AvgIpc) is 3.02. The van der Waals surface area contributed by atoms with E-state index in [0.717, 1.165) is 21.7 Å². The zero-order chi connectivity index (χ0) is 22.8. The van der Waals surface area contributed by atoms with Crippen LogP contribution in [0.1, 0.15) is 22.3 Å². The second kappa shape index (κ2) is 8.67. The first-order chi connectivity index (χ1) is 15.4. The Morgan fingerprint density at radius 3 is 2.34 bits per heavy atom. The predicted molar refractivity (Wildman–Crippen MR) is 121 cm³/mol. The van der Waals surface area contributed by atoms with Crippen LogP contribution in [0.2, 0.25) is 0 Å². The highest BCUT2D eigenvalue weighted by Crippen LogP contribution is 2.33. The molecule has 1 heterocycles. The SMILES string of the molecule is COc1ccc(C2=C(Nc3cc(C)ccc3C)C(=O)N(Cc3ccccc3F)C2=O)cc1. The monoisotopic (exact) mass is 430 g/mol. The summed E-state index contributed by atoms with van der Waals surface area (Å²) in [6.07, 6.45) is 0. The Kier molecular flexibility index (Phi) is 5.77. The molecule has 0 fully saturated rings. The Balaban J connectivity index is 1.78. The van der Waals surface area contributed by atoms with Crippen molar-refractivity contribution in [1.29, 1.82) is 0 Å². The van der Waals surface area contributed by atoms with Gasteiger partial charge in [-0.25, -0.2) is 4.39 Å². The molecule has 3 aromatic rings. The van der Waals surface area contributed by atoms with Crippen molar-refractivity contribution in [3.63, 3.8) is 0 Å². The number of hydrogen-bond acceptors (Lipinski definition) is 4. The van der Waals surface area contributed by atoms with Crippen molar-refractivity contribution in [2.24, 2.45) is 0 Å². The summed E-state index contributed by atoms with van der Waals surface area (Å²) in [5, 5.41) is 3.18. The Morgan fingerprint density at radius 1 is 0.938 bits per heavy atom. The number of ether oxygens (including phenoxy) is 1. The fraction of sp³-hybridized carbons (Fsp3) is 0.154. The maximum absolute atomic E-state index is 14.2. The fourth-order valence-electron chi connectivity index (χ4n) is 3.66. The molecule has 4 rings (SSSR count). The number of anilines is 1. The number of carbonyl (C=O) groups excluding carboxylic acids is 2. The molecule has 1 aliphatic rings. The van der Waals surface area contributed by atoms with Crippen molar-refractivity contribution < 1.29 is 18.7 Å². The molecule has 0 aromatic heterocycles. The molecule has 0 spiro atoms. The van der Waals surface area contributed by atoms with Crippen molar-refractivity contribution in [2.75, 3.05) is 12.4 Å². The number of amides is 2. The lowest BCUT2D eigenvalue weighted by Gasteiger charge is -2.16. The zero-order valence-electron chi connectivity index (χ0n) is 18.1. The van der Waals surface area contributed by atoms with Crippen LogP contribution in [0.5, 0.6) is 5.75 Å². The first kappa shape index (κ1) is 21.3. The van der Waals surface area contributed by atoms with Gasteiger partial charge in [0.2, 0.25) is 0 Å². The second-order valence-electron chi connectivity index (χ2n) is 7.71. The summed E-state index contributed by atoms with van der Waals surface area (Å²) in [4.78, 5) is 27.8. The first-order valence-corrected chi connectivity index (χ1v) is 10.2. The Labute approximate surface area is 186 Å². The number of imide groups is 1. The molecule has 0 saturated carbocycles. The second-order valence-corrected chi connectivity index (χ2v) is 7.71. The predicted octanol–water partition coefficient (Wildman–Crippen LogP) is 4.84. The van der Waals surface area contributed by atoms with Gasteiger partial charge in [-0.2, -0.15) is 0 Å². The summed E-state index contributed by atoms with van der Waals surface area (Å²) in [5.41, 5.74) is 3.96. The first-order valence-electron chi connectivity index (χ1n) is 10.2. The molecular weight excluding hydrogens is 407 g/mol. The minimum atomic E-state index is -0.495. The van der Waals surface area contributed by atoms with Crippen molar-refractivity contribution in [3.8, 4) is 5.75 Å². The zero-order valence-corrected chi connectivity index (χ0v) is 18.1. The van der Waals surface area contributed by atoms with Crippen LogP contribution in [0.15, 0.2) is 72.4 Å². The van der Waals surface area contributed by atoms with Crippen LogP contribution < -0.4 is 10.1 Å². The smallest absolute Gasteiger partial charge is 0.278 e. The van der Waals surface area contributed by atoms with Gasteiger partial charge in [-0.3, -0.25) is 14.5 Å². The van der Waals surface area contributed by atoms with E-state index >= 15 is 0 Å². The number of halogens is 1. The third-order valence-electron chi connectivity index (χ3n) is 5.49. The van der Waals surface area contributed by atoms with E-state index in [-0.39, 0.29) is 23.4 Å². The molecular formula is C26H23FN2O3. The van der Waals surface area contributed by atoms with E-state index in [1.54, 1.807) is 49.6 Å². The van der Waals surface area contributed by atoms with Gasteiger partial charge in [-0.1, -0.05) is 42.5 Å². The molecule has 0 unspecified atom stereocenters. The number of rotatable bonds is 6. The van der Waals surface area contributed by atoms with Gasteiger partial charge < -0.3 is 10.1 Å². The van der Waals surface area contributed by atoms with Crippen LogP contribution in [-0.4, -0.2) is 23.8 Å². The van der Waals surface area contributed by atoms with Crippen molar-refractivity contribution >= 4 is 23.1 Å².